The van der Waals surface area contributed by atoms with Gasteiger partial charge < -0.3 is 15.0 Å². The van der Waals surface area contributed by atoms with Gasteiger partial charge in [0.05, 0.1) is 0 Å². The van der Waals surface area contributed by atoms with Gasteiger partial charge in [0.2, 0.25) is 11.8 Å². The average Bonchev–Trinajstić information content (AvgIpc) is 2.45. The van der Waals surface area contributed by atoms with Gasteiger partial charge in [-0.15, -0.1) is 0 Å². The molecule has 2 rings (SSSR count). The molecule has 0 radical (unpaired) electrons. The van der Waals surface area contributed by atoms with Crippen LogP contribution in [0.4, 0.5) is 0 Å². The molecule has 0 aromatic rings. The van der Waals surface area contributed by atoms with Crippen LogP contribution in [-0.4, -0.2) is 48.6 Å². The molecule has 2 heterocycles. The first kappa shape index (κ1) is 16.3. The second kappa shape index (κ2) is 7.25. The van der Waals surface area contributed by atoms with Crippen LogP contribution in [0.25, 0.3) is 0 Å². The molecule has 2 unspecified atom stereocenters. The third-order valence-electron chi connectivity index (χ3n) is 4.51. The summed E-state index contributed by atoms with van der Waals surface area (Å²) in [4.78, 5) is 27.0. The fraction of sp³-hybridized carbons (Fsp3) is 0.875. The molecule has 2 aliphatic rings. The van der Waals surface area contributed by atoms with Gasteiger partial charge in [-0.1, -0.05) is 27.2 Å². The van der Waals surface area contributed by atoms with Crippen molar-refractivity contribution in [3.63, 3.8) is 0 Å². The van der Waals surface area contributed by atoms with E-state index < -0.39 is 0 Å². The number of nitrogens with one attached hydrogen (secondary N) is 1. The van der Waals surface area contributed by atoms with E-state index in [-0.39, 0.29) is 29.8 Å². The second-order valence-electron chi connectivity index (χ2n) is 6.59. The lowest BCUT2D eigenvalue weighted by Gasteiger charge is -2.42. The zero-order chi connectivity index (χ0) is 15.4. The Morgan fingerprint density at radius 2 is 1.95 bits per heavy atom. The predicted octanol–water partition coefficient (Wildman–Crippen LogP) is 1.56. The number of hydrogen-bond donors (Lipinski definition) is 1. The Labute approximate surface area is 127 Å². The summed E-state index contributed by atoms with van der Waals surface area (Å²) in [6.07, 6.45) is 3.58. The van der Waals surface area contributed by atoms with E-state index in [0.717, 1.165) is 38.9 Å². The van der Waals surface area contributed by atoms with Crippen molar-refractivity contribution in [3.05, 3.63) is 0 Å². The Hall–Kier alpha value is -1.10. The highest BCUT2D eigenvalue weighted by atomic mass is 16.5. The summed E-state index contributed by atoms with van der Waals surface area (Å²) in [6.45, 7) is 8.28. The Balaban J connectivity index is 2.12. The molecule has 2 saturated heterocycles. The molecule has 0 saturated carbocycles. The summed E-state index contributed by atoms with van der Waals surface area (Å²) in [5, 5.41) is 2.91. The molecular formula is C16H28N2O3. The normalized spacial score (nSPS) is 28.1. The summed E-state index contributed by atoms with van der Waals surface area (Å²) in [5.74, 6) is 0.699. The van der Waals surface area contributed by atoms with Gasteiger partial charge in [-0.3, -0.25) is 9.59 Å². The Kier molecular flexibility index (Phi) is 5.62. The third-order valence-corrected chi connectivity index (χ3v) is 4.51. The summed E-state index contributed by atoms with van der Waals surface area (Å²) >= 11 is 0. The van der Waals surface area contributed by atoms with E-state index in [0.29, 0.717) is 12.5 Å². The van der Waals surface area contributed by atoms with E-state index in [1.54, 1.807) is 0 Å². The lowest BCUT2D eigenvalue weighted by molar-refractivity contribution is -0.152. The smallest absolute Gasteiger partial charge is 0.245 e. The van der Waals surface area contributed by atoms with Crippen molar-refractivity contribution in [2.75, 3.05) is 19.8 Å². The Bertz CT molecular complexity index is 378. The first-order valence-electron chi connectivity index (χ1n) is 8.23. The zero-order valence-electron chi connectivity index (χ0n) is 13.4. The van der Waals surface area contributed by atoms with Crippen molar-refractivity contribution in [1.29, 1.82) is 0 Å². The standard InChI is InChI=1S/C16H28N2O3/c1-4-5-13-16(20)18(10-12-6-8-21-9-7-12)14(11(2)3)15(19)17-13/h11-14H,4-10H2,1-3H3,(H,17,19). The molecular weight excluding hydrogens is 268 g/mol. The fourth-order valence-corrected chi connectivity index (χ4v) is 3.36. The number of carbonyl (C=O) groups excluding carboxylic acids is 2. The van der Waals surface area contributed by atoms with Gasteiger partial charge >= 0.3 is 0 Å². The van der Waals surface area contributed by atoms with Gasteiger partial charge in [-0.25, -0.2) is 0 Å². The monoisotopic (exact) mass is 296 g/mol. The molecule has 0 aliphatic carbocycles. The van der Waals surface area contributed by atoms with Crippen molar-refractivity contribution in [2.24, 2.45) is 11.8 Å². The van der Waals surface area contributed by atoms with Crippen LogP contribution in [0.1, 0.15) is 46.5 Å². The number of amides is 2. The highest BCUT2D eigenvalue weighted by molar-refractivity contribution is 5.97. The molecule has 5 nitrogen and oxygen atoms in total. The Morgan fingerprint density at radius 1 is 1.29 bits per heavy atom. The van der Waals surface area contributed by atoms with Crippen molar-refractivity contribution in [2.45, 2.75) is 58.5 Å². The number of carbonyl (C=O) groups is 2. The molecule has 1 N–H and O–H groups in total. The van der Waals surface area contributed by atoms with E-state index in [1.807, 2.05) is 25.7 Å². The Morgan fingerprint density at radius 3 is 2.52 bits per heavy atom. The number of nitrogens with zero attached hydrogens (tertiary/aromatic N) is 1. The van der Waals surface area contributed by atoms with E-state index in [1.165, 1.54) is 0 Å². The number of ether oxygens (including phenoxy) is 1. The first-order valence-corrected chi connectivity index (χ1v) is 8.23. The van der Waals surface area contributed by atoms with Crippen LogP contribution in [0.5, 0.6) is 0 Å². The van der Waals surface area contributed by atoms with Crippen molar-refractivity contribution in [1.82, 2.24) is 10.2 Å². The fourth-order valence-electron chi connectivity index (χ4n) is 3.36. The highest BCUT2D eigenvalue weighted by Gasteiger charge is 2.42. The van der Waals surface area contributed by atoms with Gasteiger partial charge in [0.25, 0.3) is 0 Å². The summed E-state index contributed by atoms with van der Waals surface area (Å²) < 4.78 is 5.39. The number of hydrogen-bond acceptors (Lipinski definition) is 3. The van der Waals surface area contributed by atoms with Crippen LogP contribution in [0, 0.1) is 11.8 Å². The first-order chi connectivity index (χ1) is 10.0. The average molecular weight is 296 g/mol. The van der Waals surface area contributed by atoms with Crippen molar-refractivity contribution in [3.8, 4) is 0 Å². The van der Waals surface area contributed by atoms with Gasteiger partial charge in [0, 0.05) is 19.8 Å². The molecule has 2 amide bonds. The maximum atomic E-state index is 12.7. The van der Waals surface area contributed by atoms with E-state index in [2.05, 4.69) is 5.32 Å². The van der Waals surface area contributed by atoms with Crippen LogP contribution < -0.4 is 5.32 Å². The maximum Gasteiger partial charge on any atom is 0.245 e. The van der Waals surface area contributed by atoms with Crippen LogP contribution in [0.3, 0.4) is 0 Å². The minimum Gasteiger partial charge on any atom is -0.381 e. The van der Waals surface area contributed by atoms with Gasteiger partial charge in [0.1, 0.15) is 12.1 Å². The van der Waals surface area contributed by atoms with Crippen molar-refractivity contribution < 1.29 is 14.3 Å². The zero-order valence-corrected chi connectivity index (χ0v) is 13.4. The van der Waals surface area contributed by atoms with Gasteiger partial charge in [0.15, 0.2) is 0 Å². The van der Waals surface area contributed by atoms with Crippen molar-refractivity contribution >= 4 is 11.8 Å². The molecule has 5 heteroatoms. The lowest BCUT2D eigenvalue weighted by atomic mass is 9.92. The summed E-state index contributed by atoms with van der Waals surface area (Å²) in [6, 6.07) is -0.661. The summed E-state index contributed by atoms with van der Waals surface area (Å²) in [5.41, 5.74) is 0. The highest BCUT2D eigenvalue weighted by Crippen LogP contribution is 2.24. The van der Waals surface area contributed by atoms with Crippen LogP contribution in [-0.2, 0) is 14.3 Å². The molecule has 0 aromatic carbocycles. The van der Waals surface area contributed by atoms with Crippen LogP contribution >= 0.6 is 0 Å². The number of piperazine rings is 1. The van der Waals surface area contributed by atoms with Gasteiger partial charge in [-0.2, -0.15) is 0 Å². The molecule has 21 heavy (non-hydrogen) atoms. The molecule has 0 bridgehead atoms. The SMILES string of the molecule is CCCC1NC(=O)C(C(C)C)N(CC2CCOCC2)C1=O. The predicted molar refractivity (Wildman–Crippen MR) is 80.7 cm³/mol. The van der Waals surface area contributed by atoms with E-state index >= 15 is 0 Å². The lowest BCUT2D eigenvalue weighted by Crippen LogP contribution is -2.65. The minimum atomic E-state index is -0.336. The third kappa shape index (κ3) is 3.76. The second-order valence-corrected chi connectivity index (χ2v) is 6.59. The summed E-state index contributed by atoms with van der Waals surface area (Å²) in [7, 11) is 0. The van der Waals surface area contributed by atoms with Crippen LogP contribution in [0.2, 0.25) is 0 Å². The van der Waals surface area contributed by atoms with Gasteiger partial charge in [-0.05, 0) is 31.1 Å². The minimum absolute atomic E-state index is 0.00936. The molecule has 2 atom stereocenters. The molecule has 0 spiro atoms. The molecule has 0 aromatic heterocycles. The molecule has 2 fully saturated rings. The largest absolute Gasteiger partial charge is 0.381 e. The van der Waals surface area contributed by atoms with E-state index in [9.17, 15) is 9.59 Å². The molecule has 120 valence electrons. The maximum absolute atomic E-state index is 12.7. The quantitative estimate of drug-likeness (QED) is 0.837. The number of rotatable bonds is 5. The van der Waals surface area contributed by atoms with Crippen LogP contribution in [0.15, 0.2) is 0 Å². The topological polar surface area (TPSA) is 58.6 Å². The van der Waals surface area contributed by atoms with E-state index in [4.69, 9.17) is 4.74 Å². The molecule has 2 aliphatic heterocycles.